The highest BCUT2D eigenvalue weighted by Gasteiger charge is 2.14. The number of methoxy groups -OCH3 is 1. The Morgan fingerprint density at radius 2 is 1.64 bits per heavy atom. The van der Waals surface area contributed by atoms with Crippen LogP contribution in [0, 0.1) is 6.92 Å². The van der Waals surface area contributed by atoms with E-state index in [1.807, 2.05) is 49.4 Å². The summed E-state index contributed by atoms with van der Waals surface area (Å²) < 4.78 is 5.33. The smallest absolute Gasteiger partial charge is 0.224 e. The monoisotopic (exact) mass is 373 g/mol. The zero-order valence-electron chi connectivity index (χ0n) is 16.7. The maximum absolute atomic E-state index is 12.6. The van der Waals surface area contributed by atoms with Crippen LogP contribution in [0.4, 0.5) is 0 Å². The van der Waals surface area contributed by atoms with Crippen molar-refractivity contribution < 1.29 is 9.53 Å². The summed E-state index contributed by atoms with van der Waals surface area (Å²) >= 11 is 0. The number of amides is 1. The molecule has 0 radical (unpaired) electrons. The molecule has 0 saturated heterocycles. The summed E-state index contributed by atoms with van der Waals surface area (Å²) in [6.45, 7) is 4.10. The molecule has 0 bridgehead atoms. The Balaban J connectivity index is 1.64. The fourth-order valence-electron chi connectivity index (χ4n) is 3.42. The number of aryl methyl sites for hydroxylation is 1. The third kappa shape index (κ3) is 4.80. The van der Waals surface area contributed by atoms with Gasteiger partial charge in [-0.3, -0.25) is 4.79 Å². The first-order chi connectivity index (χ1) is 13.6. The summed E-state index contributed by atoms with van der Waals surface area (Å²) in [5, 5.41) is 3.16. The largest absolute Gasteiger partial charge is 0.496 e. The maximum Gasteiger partial charge on any atom is 0.224 e. The highest BCUT2D eigenvalue weighted by molar-refractivity contribution is 5.79. The molecule has 144 valence electrons. The van der Waals surface area contributed by atoms with Gasteiger partial charge in [0.1, 0.15) is 5.75 Å². The van der Waals surface area contributed by atoms with E-state index in [9.17, 15) is 4.79 Å². The molecule has 3 rings (SSSR count). The van der Waals surface area contributed by atoms with Crippen LogP contribution < -0.4 is 10.1 Å². The van der Waals surface area contributed by atoms with Gasteiger partial charge < -0.3 is 10.1 Å². The van der Waals surface area contributed by atoms with Gasteiger partial charge in [-0.2, -0.15) is 0 Å². The van der Waals surface area contributed by atoms with Crippen molar-refractivity contribution in [2.75, 3.05) is 7.11 Å². The lowest BCUT2D eigenvalue weighted by Gasteiger charge is -2.19. The second-order valence-corrected chi connectivity index (χ2v) is 7.00. The van der Waals surface area contributed by atoms with Crippen LogP contribution in [0.1, 0.15) is 36.1 Å². The van der Waals surface area contributed by atoms with E-state index in [0.29, 0.717) is 6.42 Å². The van der Waals surface area contributed by atoms with Crippen molar-refractivity contribution in [2.24, 2.45) is 0 Å². The van der Waals surface area contributed by atoms with Gasteiger partial charge >= 0.3 is 0 Å². The van der Waals surface area contributed by atoms with E-state index >= 15 is 0 Å². The molecule has 0 saturated carbocycles. The van der Waals surface area contributed by atoms with E-state index in [4.69, 9.17) is 4.74 Å². The first-order valence-corrected chi connectivity index (χ1v) is 9.69. The third-order valence-electron chi connectivity index (χ3n) is 4.99. The summed E-state index contributed by atoms with van der Waals surface area (Å²) in [4.78, 5) is 12.6. The Labute approximate surface area is 167 Å². The van der Waals surface area contributed by atoms with Crippen LogP contribution in [0.3, 0.4) is 0 Å². The number of rotatable bonds is 7. The van der Waals surface area contributed by atoms with Gasteiger partial charge in [-0.05, 0) is 47.2 Å². The first kappa shape index (κ1) is 19.7. The average Bonchev–Trinajstić information content (AvgIpc) is 2.73. The highest BCUT2D eigenvalue weighted by atomic mass is 16.5. The Bertz CT molecular complexity index is 917. The highest BCUT2D eigenvalue weighted by Crippen LogP contribution is 2.24. The van der Waals surface area contributed by atoms with Crippen molar-refractivity contribution in [1.29, 1.82) is 0 Å². The third-order valence-corrected chi connectivity index (χ3v) is 4.99. The quantitative estimate of drug-likeness (QED) is 0.595. The summed E-state index contributed by atoms with van der Waals surface area (Å²) in [5.74, 6) is 0.899. The van der Waals surface area contributed by atoms with Crippen LogP contribution >= 0.6 is 0 Å². The van der Waals surface area contributed by atoms with Crippen LogP contribution in [-0.2, 0) is 11.2 Å². The van der Waals surface area contributed by atoms with Gasteiger partial charge in [-0.1, -0.05) is 73.7 Å². The number of hydrogen-bond donors (Lipinski definition) is 1. The molecule has 0 fully saturated rings. The minimum atomic E-state index is 0.000646. The van der Waals surface area contributed by atoms with E-state index in [0.717, 1.165) is 34.4 Å². The molecule has 1 amide bonds. The van der Waals surface area contributed by atoms with Crippen LogP contribution in [0.2, 0.25) is 0 Å². The van der Waals surface area contributed by atoms with Gasteiger partial charge in [0.2, 0.25) is 5.91 Å². The Morgan fingerprint density at radius 3 is 2.25 bits per heavy atom. The van der Waals surface area contributed by atoms with Crippen molar-refractivity contribution in [3.63, 3.8) is 0 Å². The number of ether oxygens (including phenoxy) is 1. The zero-order chi connectivity index (χ0) is 19.9. The van der Waals surface area contributed by atoms with E-state index in [-0.39, 0.29) is 11.9 Å². The van der Waals surface area contributed by atoms with Crippen molar-refractivity contribution in [1.82, 2.24) is 5.32 Å². The van der Waals surface area contributed by atoms with Crippen molar-refractivity contribution >= 4 is 5.91 Å². The molecule has 0 aliphatic heterocycles. The Kier molecular flexibility index (Phi) is 6.49. The molecule has 3 nitrogen and oxygen atoms in total. The van der Waals surface area contributed by atoms with E-state index in [1.54, 1.807) is 7.11 Å². The van der Waals surface area contributed by atoms with E-state index in [2.05, 4.69) is 42.6 Å². The molecular weight excluding hydrogens is 346 g/mol. The van der Waals surface area contributed by atoms with Crippen LogP contribution in [0.5, 0.6) is 5.75 Å². The molecule has 0 aromatic heterocycles. The molecule has 3 aromatic carbocycles. The van der Waals surface area contributed by atoms with Gasteiger partial charge in [-0.15, -0.1) is 0 Å². The summed E-state index contributed by atoms with van der Waals surface area (Å²) in [6, 6.07) is 24.5. The summed E-state index contributed by atoms with van der Waals surface area (Å²) in [5.41, 5.74) is 5.53. The first-order valence-electron chi connectivity index (χ1n) is 9.69. The number of carbonyl (C=O) groups excluding carboxylic acids is 1. The fourth-order valence-corrected chi connectivity index (χ4v) is 3.42. The minimum Gasteiger partial charge on any atom is -0.496 e. The van der Waals surface area contributed by atoms with Crippen molar-refractivity contribution in [3.05, 3.63) is 89.5 Å². The van der Waals surface area contributed by atoms with Crippen LogP contribution in [0.25, 0.3) is 11.1 Å². The van der Waals surface area contributed by atoms with Gasteiger partial charge in [0.05, 0.1) is 19.6 Å². The number of nitrogens with one attached hydrogen (secondary N) is 1. The lowest BCUT2D eigenvalue weighted by molar-refractivity contribution is -0.121. The van der Waals surface area contributed by atoms with Gasteiger partial charge in [0, 0.05) is 0 Å². The molecule has 0 spiro atoms. The molecule has 1 atom stereocenters. The van der Waals surface area contributed by atoms with Crippen molar-refractivity contribution in [3.8, 4) is 16.9 Å². The zero-order valence-corrected chi connectivity index (χ0v) is 16.7. The molecule has 0 unspecified atom stereocenters. The minimum absolute atomic E-state index is 0.000646. The van der Waals surface area contributed by atoms with Crippen LogP contribution in [-0.4, -0.2) is 13.0 Å². The fraction of sp³-hybridized carbons (Fsp3) is 0.240. The number of benzene rings is 3. The molecule has 0 aliphatic rings. The van der Waals surface area contributed by atoms with Gasteiger partial charge in [0.25, 0.3) is 0 Å². The summed E-state index contributed by atoms with van der Waals surface area (Å²) in [7, 11) is 1.67. The number of carbonyl (C=O) groups is 1. The lowest BCUT2D eigenvalue weighted by atomic mass is 10.0. The van der Waals surface area contributed by atoms with Gasteiger partial charge in [0.15, 0.2) is 0 Å². The molecule has 0 heterocycles. The van der Waals surface area contributed by atoms with Crippen molar-refractivity contribution in [2.45, 2.75) is 32.7 Å². The average molecular weight is 373 g/mol. The normalized spacial score (nSPS) is 11.7. The van der Waals surface area contributed by atoms with Crippen LogP contribution in [0.15, 0.2) is 72.8 Å². The maximum atomic E-state index is 12.6. The molecule has 28 heavy (non-hydrogen) atoms. The molecule has 0 aliphatic carbocycles. The Morgan fingerprint density at radius 1 is 0.964 bits per heavy atom. The lowest BCUT2D eigenvalue weighted by Crippen LogP contribution is -2.29. The van der Waals surface area contributed by atoms with Gasteiger partial charge in [-0.25, -0.2) is 0 Å². The predicted molar refractivity (Wildman–Crippen MR) is 114 cm³/mol. The van der Waals surface area contributed by atoms with E-state index in [1.165, 1.54) is 5.56 Å². The molecular formula is C25H27NO2. The second kappa shape index (κ2) is 9.23. The molecule has 3 aromatic rings. The Hall–Kier alpha value is -3.07. The molecule has 3 heteroatoms. The SMILES string of the molecule is CC[C@H](NC(=O)Cc1ccc(-c2ccccc2)cc1)c1ccc(OC)c(C)c1. The van der Waals surface area contributed by atoms with E-state index < -0.39 is 0 Å². The predicted octanol–water partition coefficient (Wildman–Crippen LogP) is 5.48. The topological polar surface area (TPSA) is 38.3 Å². The standard InChI is InChI=1S/C25H27NO2/c1-4-23(22-14-15-24(28-3)18(2)16-22)26-25(27)17-19-10-12-21(13-11-19)20-8-6-5-7-9-20/h5-16,23H,4,17H2,1-3H3,(H,26,27)/t23-/m0/s1. The second-order valence-electron chi connectivity index (χ2n) is 7.00. The molecule has 1 N–H and O–H groups in total. The summed E-state index contributed by atoms with van der Waals surface area (Å²) in [6.07, 6.45) is 1.21. The number of hydrogen-bond acceptors (Lipinski definition) is 2.